The first-order valence-corrected chi connectivity index (χ1v) is 11.4. The number of aliphatic imine (C=N–C) groups is 1. The van der Waals surface area contributed by atoms with E-state index in [9.17, 15) is 15.4 Å². The topological polar surface area (TPSA) is 92.4 Å². The van der Waals surface area contributed by atoms with E-state index in [4.69, 9.17) is 4.42 Å². The van der Waals surface area contributed by atoms with Gasteiger partial charge in [0.1, 0.15) is 22.6 Å². The number of hydrogen-bond acceptors (Lipinski definition) is 6. The lowest BCUT2D eigenvalue weighted by atomic mass is 9.72. The lowest BCUT2D eigenvalue weighted by Gasteiger charge is -2.33. The molecule has 32 heavy (non-hydrogen) atoms. The van der Waals surface area contributed by atoms with Crippen molar-refractivity contribution in [1.82, 2.24) is 0 Å². The number of fused-ring (bicyclic) bond motifs is 1. The normalized spacial score (nSPS) is 16.2. The number of nitro benzene ring substituents is 1. The standard InChI is InChI=1S/C25H25N3O3S/c1-15-5-6-16(11-21(15)28(29)30)22-10-8-18(31-22)14-27-24-20(13-26)19-9-7-17(25(2,3)4)12-23(19)32-24/h5-6,8,10-11,14,17H,7,9,12H2,1-4H3/t17-/m1/s1. The summed E-state index contributed by atoms with van der Waals surface area (Å²) in [7, 11) is 0. The van der Waals surface area contributed by atoms with Crippen molar-refractivity contribution >= 4 is 28.2 Å². The van der Waals surface area contributed by atoms with Crippen molar-refractivity contribution in [1.29, 1.82) is 5.26 Å². The van der Waals surface area contributed by atoms with E-state index in [0.29, 0.717) is 34.1 Å². The molecule has 1 aliphatic rings. The Labute approximate surface area is 191 Å². The third kappa shape index (κ3) is 4.23. The second kappa shape index (κ2) is 8.36. The van der Waals surface area contributed by atoms with Crippen LogP contribution in [0.3, 0.4) is 0 Å². The molecule has 0 aliphatic heterocycles. The van der Waals surface area contributed by atoms with E-state index >= 15 is 0 Å². The predicted octanol–water partition coefficient (Wildman–Crippen LogP) is 7.00. The summed E-state index contributed by atoms with van der Waals surface area (Å²) in [4.78, 5) is 16.7. The first kappa shape index (κ1) is 22.0. The second-order valence-electron chi connectivity index (χ2n) is 9.32. The fourth-order valence-corrected chi connectivity index (χ4v) is 5.40. The van der Waals surface area contributed by atoms with Gasteiger partial charge in [-0.25, -0.2) is 4.99 Å². The molecule has 0 spiro atoms. The van der Waals surface area contributed by atoms with Gasteiger partial charge in [-0.2, -0.15) is 5.26 Å². The van der Waals surface area contributed by atoms with Crippen molar-refractivity contribution in [3.63, 3.8) is 0 Å². The molecule has 1 atom stereocenters. The molecule has 3 aromatic rings. The van der Waals surface area contributed by atoms with Gasteiger partial charge in [-0.05, 0) is 55.2 Å². The van der Waals surface area contributed by atoms with Gasteiger partial charge >= 0.3 is 0 Å². The zero-order chi connectivity index (χ0) is 23.0. The van der Waals surface area contributed by atoms with Crippen LogP contribution in [-0.2, 0) is 12.8 Å². The third-order valence-electron chi connectivity index (χ3n) is 6.21. The summed E-state index contributed by atoms with van der Waals surface area (Å²) in [6.45, 7) is 8.53. The molecule has 1 aromatic carbocycles. The average Bonchev–Trinajstić information content (AvgIpc) is 3.35. The molecule has 2 heterocycles. The minimum absolute atomic E-state index is 0.0607. The Morgan fingerprint density at radius 3 is 2.78 bits per heavy atom. The van der Waals surface area contributed by atoms with Gasteiger partial charge in [-0.1, -0.05) is 32.9 Å². The van der Waals surface area contributed by atoms with E-state index in [1.165, 1.54) is 10.9 Å². The summed E-state index contributed by atoms with van der Waals surface area (Å²) in [5.41, 5.74) is 3.37. The molecule has 0 amide bonds. The van der Waals surface area contributed by atoms with E-state index in [0.717, 1.165) is 29.8 Å². The number of thiophene rings is 1. The molecule has 0 saturated heterocycles. The minimum atomic E-state index is -0.393. The number of nitro groups is 1. The Kier molecular flexibility index (Phi) is 5.74. The maximum Gasteiger partial charge on any atom is 0.273 e. The van der Waals surface area contributed by atoms with Gasteiger partial charge in [0, 0.05) is 22.1 Å². The molecule has 0 bridgehead atoms. The van der Waals surface area contributed by atoms with Gasteiger partial charge in [-0.3, -0.25) is 10.1 Å². The van der Waals surface area contributed by atoms with Crippen LogP contribution in [-0.4, -0.2) is 11.1 Å². The van der Waals surface area contributed by atoms with Gasteiger partial charge in [0.2, 0.25) is 0 Å². The van der Waals surface area contributed by atoms with Crippen molar-refractivity contribution in [3.05, 3.63) is 67.8 Å². The average molecular weight is 448 g/mol. The summed E-state index contributed by atoms with van der Waals surface area (Å²) in [5, 5.41) is 21.7. The summed E-state index contributed by atoms with van der Waals surface area (Å²) in [6, 6.07) is 10.9. The minimum Gasteiger partial charge on any atom is -0.455 e. The number of nitrogens with zero attached hydrogens (tertiary/aromatic N) is 3. The van der Waals surface area contributed by atoms with E-state index in [-0.39, 0.29) is 11.1 Å². The van der Waals surface area contributed by atoms with Crippen LogP contribution < -0.4 is 0 Å². The van der Waals surface area contributed by atoms with Crippen LogP contribution in [0.4, 0.5) is 10.7 Å². The first-order chi connectivity index (χ1) is 15.2. The SMILES string of the molecule is Cc1ccc(-c2ccc(C=Nc3sc4c(c3C#N)CC[C@@H](C(C)(C)C)C4)o2)cc1[N+](=O)[O-]. The van der Waals surface area contributed by atoms with E-state index in [1.54, 1.807) is 48.7 Å². The molecular formula is C25H25N3O3S. The van der Waals surface area contributed by atoms with Crippen molar-refractivity contribution in [2.24, 2.45) is 16.3 Å². The molecule has 0 unspecified atom stereocenters. The Bertz CT molecular complexity index is 1250. The number of furan rings is 1. The van der Waals surface area contributed by atoms with E-state index in [2.05, 4.69) is 31.8 Å². The number of aryl methyl sites for hydroxylation is 1. The second-order valence-corrected chi connectivity index (χ2v) is 10.4. The lowest BCUT2D eigenvalue weighted by Crippen LogP contribution is -2.26. The molecule has 2 aromatic heterocycles. The highest BCUT2D eigenvalue weighted by molar-refractivity contribution is 7.16. The fraction of sp³-hybridized carbons (Fsp3) is 0.360. The highest BCUT2D eigenvalue weighted by Crippen LogP contribution is 2.44. The highest BCUT2D eigenvalue weighted by atomic mass is 32.1. The highest BCUT2D eigenvalue weighted by Gasteiger charge is 2.32. The van der Waals surface area contributed by atoms with Crippen LogP contribution in [0.2, 0.25) is 0 Å². The van der Waals surface area contributed by atoms with Gasteiger partial charge < -0.3 is 4.42 Å². The van der Waals surface area contributed by atoms with Crippen LogP contribution in [0.1, 0.15) is 54.5 Å². The van der Waals surface area contributed by atoms with E-state index in [1.807, 2.05) is 0 Å². The fourth-order valence-electron chi connectivity index (χ4n) is 4.18. The van der Waals surface area contributed by atoms with Crippen LogP contribution in [0.15, 0.2) is 39.7 Å². The molecule has 0 N–H and O–H groups in total. The van der Waals surface area contributed by atoms with Gasteiger partial charge in [0.25, 0.3) is 5.69 Å². The molecule has 4 rings (SSSR count). The lowest BCUT2D eigenvalue weighted by molar-refractivity contribution is -0.385. The number of rotatable bonds is 4. The van der Waals surface area contributed by atoms with Crippen molar-refractivity contribution in [3.8, 4) is 17.4 Å². The zero-order valence-electron chi connectivity index (χ0n) is 18.6. The molecule has 0 saturated carbocycles. The van der Waals surface area contributed by atoms with Crippen LogP contribution in [0, 0.1) is 39.7 Å². The Hall–Kier alpha value is -3.24. The smallest absolute Gasteiger partial charge is 0.273 e. The molecule has 0 radical (unpaired) electrons. The van der Waals surface area contributed by atoms with Crippen LogP contribution >= 0.6 is 11.3 Å². The van der Waals surface area contributed by atoms with Gasteiger partial charge in [-0.15, -0.1) is 11.3 Å². The molecule has 1 aliphatic carbocycles. The summed E-state index contributed by atoms with van der Waals surface area (Å²) < 4.78 is 5.85. The summed E-state index contributed by atoms with van der Waals surface area (Å²) in [5.74, 6) is 1.67. The predicted molar refractivity (Wildman–Crippen MR) is 127 cm³/mol. The van der Waals surface area contributed by atoms with E-state index < -0.39 is 4.92 Å². The number of hydrogen-bond donors (Lipinski definition) is 0. The third-order valence-corrected chi connectivity index (χ3v) is 7.37. The summed E-state index contributed by atoms with van der Waals surface area (Å²) in [6.07, 6.45) is 4.62. The Morgan fingerprint density at radius 2 is 2.09 bits per heavy atom. The molecule has 6 nitrogen and oxygen atoms in total. The first-order valence-electron chi connectivity index (χ1n) is 10.6. The number of nitriles is 1. The largest absolute Gasteiger partial charge is 0.455 e. The Morgan fingerprint density at radius 1 is 1.31 bits per heavy atom. The quantitative estimate of drug-likeness (QED) is 0.244. The van der Waals surface area contributed by atoms with Crippen molar-refractivity contribution < 1.29 is 9.34 Å². The maximum atomic E-state index is 11.2. The molecule has 7 heteroatoms. The monoisotopic (exact) mass is 447 g/mol. The van der Waals surface area contributed by atoms with Crippen LogP contribution in [0.25, 0.3) is 11.3 Å². The van der Waals surface area contributed by atoms with Crippen molar-refractivity contribution in [2.75, 3.05) is 0 Å². The molecular weight excluding hydrogens is 422 g/mol. The number of benzene rings is 1. The van der Waals surface area contributed by atoms with Gasteiger partial charge in [0.05, 0.1) is 16.7 Å². The Balaban J connectivity index is 1.59. The van der Waals surface area contributed by atoms with Crippen LogP contribution in [0.5, 0.6) is 0 Å². The maximum absolute atomic E-state index is 11.2. The zero-order valence-corrected chi connectivity index (χ0v) is 19.5. The molecule has 164 valence electrons. The van der Waals surface area contributed by atoms with Gasteiger partial charge in [0.15, 0.2) is 0 Å². The summed E-state index contributed by atoms with van der Waals surface area (Å²) >= 11 is 1.60. The van der Waals surface area contributed by atoms with Crippen molar-refractivity contribution in [2.45, 2.75) is 47.0 Å². The molecule has 0 fully saturated rings.